The number of anilines is 1. The summed E-state index contributed by atoms with van der Waals surface area (Å²) in [7, 11) is 0. The van der Waals surface area contributed by atoms with E-state index in [0.29, 0.717) is 23.6 Å². The van der Waals surface area contributed by atoms with Crippen LogP contribution in [0.25, 0.3) is 5.69 Å². The highest BCUT2D eigenvalue weighted by atomic mass is 19.4. The van der Waals surface area contributed by atoms with Gasteiger partial charge in [0.05, 0.1) is 29.4 Å². The van der Waals surface area contributed by atoms with Gasteiger partial charge in [-0.05, 0) is 42.7 Å². The summed E-state index contributed by atoms with van der Waals surface area (Å²) in [6, 6.07) is 10.6. The Morgan fingerprint density at radius 1 is 1.11 bits per heavy atom. The van der Waals surface area contributed by atoms with E-state index >= 15 is 0 Å². The molecule has 196 valence electrons. The number of benzene rings is 1. The third-order valence-corrected chi connectivity index (χ3v) is 6.41. The lowest BCUT2D eigenvalue weighted by molar-refractivity contribution is -0.138. The summed E-state index contributed by atoms with van der Waals surface area (Å²) in [5, 5.41) is 15.4. The first-order chi connectivity index (χ1) is 17.7. The number of amides is 1. The molecule has 2 heterocycles. The Hall–Kier alpha value is -3.89. The summed E-state index contributed by atoms with van der Waals surface area (Å²) in [6.45, 7) is 0.459. The highest BCUT2D eigenvalue weighted by Gasteiger charge is 2.32. The molecule has 8 nitrogen and oxygen atoms in total. The van der Waals surface area contributed by atoms with E-state index < -0.39 is 17.7 Å². The number of rotatable bonds is 9. The standard InChI is InChI=1S/C26H28F3N5O3/c27-26(28,29)19-15-32-34(17-19)21-10-8-18(9-11-21)16-33(20-5-2-1-3-6-20)24-22(7-4-13-30-24)25(37)31-14-12-23(35)36/h4,7-11,13,15,17,20H,1-3,5-6,12,14,16H2,(H,31,37)(H,35,36). The molecule has 0 spiro atoms. The van der Waals surface area contributed by atoms with Crippen LogP contribution in [0.4, 0.5) is 19.0 Å². The number of aliphatic carboxylic acids is 1. The van der Waals surface area contributed by atoms with Gasteiger partial charge in [-0.15, -0.1) is 0 Å². The molecule has 1 aliphatic carbocycles. The van der Waals surface area contributed by atoms with Crippen molar-refractivity contribution >= 4 is 17.7 Å². The summed E-state index contributed by atoms with van der Waals surface area (Å²) < 4.78 is 40.0. The molecule has 1 aromatic carbocycles. The summed E-state index contributed by atoms with van der Waals surface area (Å²) in [6.07, 6.45) is 3.90. The van der Waals surface area contributed by atoms with Crippen molar-refractivity contribution in [3.8, 4) is 5.69 Å². The Bertz CT molecular complexity index is 1220. The van der Waals surface area contributed by atoms with E-state index in [9.17, 15) is 22.8 Å². The van der Waals surface area contributed by atoms with Crippen LogP contribution < -0.4 is 10.2 Å². The zero-order chi connectivity index (χ0) is 26.4. The van der Waals surface area contributed by atoms with E-state index in [-0.39, 0.29) is 24.9 Å². The van der Waals surface area contributed by atoms with Crippen molar-refractivity contribution in [2.24, 2.45) is 0 Å². The number of alkyl halides is 3. The average molecular weight is 516 g/mol. The van der Waals surface area contributed by atoms with Gasteiger partial charge < -0.3 is 15.3 Å². The molecule has 11 heteroatoms. The van der Waals surface area contributed by atoms with Crippen molar-refractivity contribution in [1.29, 1.82) is 0 Å². The molecular formula is C26H28F3N5O3. The summed E-state index contributed by atoms with van der Waals surface area (Å²) >= 11 is 0. The minimum Gasteiger partial charge on any atom is -0.481 e. The molecule has 37 heavy (non-hydrogen) atoms. The van der Waals surface area contributed by atoms with Crippen molar-refractivity contribution in [3.05, 3.63) is 71.7 Å². The fourth-order valence-corrected chi connectivity index (χ4v) is 4.51. The molecular weight excluding hydrogens is 487 g/mol. The van der Waals surface area contributed by atoms with Gasteiger partial charge in [-0.2, -0.15) is 18.3 Å². The lowest BCUT2D eigenvalue weighted by atomic mass is 9.93. The number of halogens is 3. The van der Waals surface area contributed by atoms with Crippen molar-refractivity contribution in [2.75, 3.05) is 11.4 Å². The summed E-state index contributed by atoms with van der Waals surface area (Å²) in [5.74, 6) is -0.864. The first-order valence-corrected chi connectivity index (χ1v) is 12.1. The second-order valence-electron chi connectivity index (χ2n) is 9.03. The van der Waals surface area contributed by atoms with Crippen LogP contribution in [-0.2, 0) is 17.5 Å². The molecule has 0 aliphatic heterocycles. The molecule has 0 saturated heterocycles. The van der Waals surface area contributed by atoms with Crippen molar-refractivity contribution < 1.29 is 27.9 Å². The number of nitrogens with zero attached hydrogens (tertiary/aromatic N) is 4. The first kappa shape index (κ1) is 26.2. The molecule has 0 bridgehead atoms. The second-order valence-corrected chi connectivity index (χ2v) is 9.03. The molecule has 2 aromatic heterocycles. The minimum atomic E-state index is -4.46. The van der Waals surface area contributed by atoms with E-state index in [0.717, 1.165) is 50.1 Å². The van der Waals surface area contributed by atoms with Gasteiger partial charge in [-0.1, -0.05) is 31.4 Å². The average Bonchev–Trinajstić information content (AvgIpc) is 3.39. The number of hydrogen-bond acceptors (Lipinski definition) is 5. The van der Waals surface area contributed by atoms with Gasteiger partial charge >= 0.3 is 12.1 Å². The van der Waals surface area contributed by atoms with E-state index in [1.165, 1.54) is 4.68 Å². The lowest BCUT2D eigenvalue weighted by Gasteiger charge is -2.36. The molecule has 2 N–H and O–H groups in total. The molecule has 0 atom stereocenters. The molecule has 1 saturated carbocycles. The minimum absolute atomic E-state index is 0.0108. The van der Waals surface area contributed by atoms with E-state index in [1.54, 1.807) is 30.5 Å². The maximum atomic E-state index is 12.9. The predicted molar refractivity (Wildman–Crippen MR) is 130 cm³/mol. The van der Waals surface area contributed by atoms with Gasteiger partial charge in [0.25, 0.3) is 5.91 Å². The Kier molecular flexibility index (Phi) is 8.10. The maximum Gasteiger partial charge on any atom is 0.419 e. The Morgan fingerprint density at radius 2 is 1.84 bits per heavy atom. The second kappa shape index (κ2) is 11.4. The number of hydrogen-bond donors (Lipinski definition) is 2. The fraction of sp³-hybridized carbons (Fsp3) is 0.385. The molecule has 3 aromatic rings. The first-order valence-electron chi connectivity index (χ1n) is 12.1. The van der Waals surface area contributed by atoms with Crippen LogP contribution in [0.1, 0.15) is 60.0 Å². The maximum absolute atomic E-state index is 12.9. The van der Waals surface area contributed by atoms with Crippen LogP contribution in [-0.4, -0.2) is 44.3 Å². The zero-order valence-corrected chi connectivity index (χ0v) is 20.1. The smallest absolute Gasteiger partial charge is 0.419 e. The highest BCUT2D eigenvalue weighted by molar-refractivity contribution is 5.99. The monoisotopic (exact) mass is 515 g/mol. The van der Waals surface area contributed by atoms with Gasteiger partial charge in [0.1, 0.15) is 5.82 Å². The van der Waals surface area contributed by atoms with Gasteiger partial charge in [0.15, 0.2) is 0 Å². The van der Waals surface area contributed by atoms with Gasteiger partial charge in [0.2, 0.25) is 0 Å². The van der Waals surface area contributed by atoms with E-state index in [2.05, 4.69) is 20.3 Å². The zero-order valence-electron chi connectivity index (χ0n) is 20.1. The van der Waals surface area contributed by atoms with Gasteiger partial charge in [-0.3, -0.25) is 9.59 Å². The number of carbonyl (C=O) groups excluding carboxylic acids is 1. The molecule has 4 rings (SSSR count). The molecule has 1 amide bonds. The number of carboxylic acid groups (broad SMARTS) is 1. The SMILES string of the molecule is O=C(O)CCNC(=O)c1cccnc1N(Cc1ccc(-n2cc(C(F)(F)F)cn2)cc1)C1CCCCC1. The summed E-state index contributed by atoms with van der Waals surface area (Å²) in [4.78, 5) is 30.4. The predicted octanol–water partition coefficient (Wildman–Crippen LogP) is 4.83. The molecule has 1 aliphatic rings. The van der Waals surface area contributed by atoms with E-state index in [4.69, 9.17) is 5.11 Å². The van der Waals surface area contributed by atoms with Crippen LogP contribution in [0.15, 0.2) is 55.0 Å². The van der Waals surface area contributed by atoms with Crippen LogP contribution in [0.2, 0.25) is 0 Å². The number of aromatic nitrogens is 3. The van der Waals surface area contributed by atoms with Gasteiger partial charge in [-0.25, -0.2) is 9.67 Å². The van der Waals surface area contributed by atoms with Gasteiger partial charge in [0, 0.05) is 31.5 Å². The molecule has 1 fully saturated rings. The van der Waals surface area contributed by atoms with Crippen molar-refractivity contribution in [2.45, 2.75) is 57.3 Å². The normalized spacial score (nSPS) is 14.4. The van der Waals surface area contributed by atoms with Crippen molar-refractivity contribution in [1.82, 2.24) is 20.1 Å². The highest BCUT2D eigenvalue weighted by Crippen LogP contribution is 2.31. The largest absolute Gasteiger partial charge is 0.481 e. The number of carbonyl (C=O) groups is 2. The number of carboxylic acids is 1. The Labute approximate surface area is 212 Å². The quantitative estimate of drug-likeness (QED) is 0.424. The summed E-state index contributed by atoms with van der Waals surface area (Å²) in [5.41, 5.74) is 0.955. The van der Waals surface area contributed by atoms with Crippen LogP contribution >= 0.6 is 0 Å². The third kappa shape index (κ3) is 6.66. The third-order valence-electron chi connectivity index (χ3n) is 6.41. The number of nitrogens with one attached hydrogen (secondary N) is 1. The van der Waals surface area contributed by atoms with E-state index in [1.807, 2.05) is 12.1 Å². The lowest BCUT2D eigenvalue weighted by Crippen LogP contribution is -2.39. The Morgan fingerprint density at radius 3 is 2.49 bits per heavy atom. The number of pyridine rings is 1. The van der Waals surface area contributed by atoms with Crippen LogP contribution in [0, 0.1) is 0 Å². The Balaban J connectivity index is 1.57. The van der Waals surface area contributed by atoms with Crippen LogP contribution in [0.3, 0.4) is 0 Å². The molecule has 0 unspecified atom stereocenters. The topological polar surface area (TPSA) is 100 Å². The van der Waals surface area contributed by atoms with Crippen LogP contribution in [0.5, 0.6) is 0 Å². The van der Waals surface area contributed by atoms with Crippen molar-refractivity contribution in [3.63, 3.8) is 0 Å². The fourth-order valence-electron chi connectivity index (χ4n) is 4.51. The molecule has 0 radical (unpaired) electrons.